The minimum Gasteiger partial charge on any atom is -0.292 e. The van der Waals surface area contributed by atoms with Gasteiger partial charge in [-0.05, 0) is 70.0 Å². The number of allylic oxidation sites excluding steroid dienone is 1. The van der Waals surface area contributed by atoms with Crippen LogP contribution in [0.15, 0.2) is 11.6 Å². The van der Waals surface area contributed by atoms with Crippen molar-refractivity contribution in [2.75, 3.05) is 13.1 Å². The van der Waals surface area contributed by atoms with Crippen molar-refractivity contribution in [2.45, 2.75) is 70.8 Å². The summed E-state index contributed by atoms with van der Waals surface area (Å²) in [5.41, 5.74) is 0.927. The van der Waals surface area contributed by atoms with Gasteiger partial charge in [0.15, 0.2) is 5.78 Å². The number of carbonyl (C=O) groups excluding carboxylic acids is 1. The molecule has 0 spiro atoms. The Morgan fingerprint density at radius 2 is 1.83 bits per heavy atom. The fraction of sp³-hybridized carbons (Fsp3) is 0.812. The zero-order valence-electron chi connectivity index (χ0n) is 12.0. The molecule has 0 aromatic rings. The molecule has 1 aliphatic heterocycles. The minimum absolute atomic E-state index is 0.195. The number of ketones is 1. The first-order chi connectivity index (χ1) is 8.74. The van der Waals surface area contributed by atoms with Gasteiger partial charge in [0.2, 0.25) is 0 Å². The Bertz CT molecular complexity index is 322. The molecule has 102 valence electrons. The van der Waals surface area contributed by atoms with Gasteiger partial charge in [-0.1, -0.05) is 19.9 Å². The number of rotatable bonds is 5. The van der Waals surface area contributed by atoms with Gasteiger partial charge in [-0.15, -0.1) is 0 Å². The topological polar surface area (TPSA) is 20.3 Å². The number of hydrogen-bond acceptors (Lipinski definition) is 2. The van der Waals surface area contributed by atoms with Crippen LogP contribution in [0, 0.1) is 0 Å². The van der Waals surface area contributed by atoms with Crippen LogP contribution in [0.5, 0.6) is 0 Å². The number of carbonyl (C=O) groups is 1. The van der Waals surface area contributed by atoms with E-state index >= 15 is 0 Å². The third kappa shape index (κ3) is 2.40. The fourth-order valence-electron chi connectivity index (χ4n) is 3.65. The summed E-state index contributed by atoms with van der Waals surface area (Å²) in [6.45, 7) is 6.59. The maximum atomic E-state index is 13.0. The van der Waals surface area contributed by atoms with Crippen LogP contribution in [-0.2, 0) is 4.79 Å². The minimum atomic E-state index is -0.195. The average molecular weight is 249 g/mol. The molecule has 0 aromatic carbocycles. The van der Waals surface area contributed by atoms with E-state index in [1.165, 1.54) is 25.7 Å². The van der Waals surface area contributed by atoms with Crippen LogP contribution < -0.4 is 0 Å². The second kappa shape index (κ2) is 6.01. The number of nitrogens with zero attached hydrogens (tertiary/aromatic N) is 1. The van der Waals surface area contributed by atoms with Crippen LogP contribution in [-0.4, -0.2) is 29.3 Å². The highest BCUT2D eigenvalue weighted by Crippen LogP contribution is 2.33. The van der Waals surface area contributed by atoms with Gasteiger partial charge in [0.05, 0.1) is 5.54 Å². The van der Waals surface area contributed by atoms with Crippen molar-refractivity contribution in [3.63, 3.8) is 0 Å². The van der Waals surface area contributed by atoms with Gasteiger partial charge in [-0.25, -0.2) is 0 Å². The molecule has 0 bridgehead atoms. The standard InChI is InChI=1S/C16H27NO/c1-3-16(4-2,17-12-8-9-13-17)15(18)14-10-6-5-7-11-14/h10H,3-9,11-13H2,1-2H3. The smallest absolute Gasteiger partial charge is 0.178 e. The van der Waals surface area contributed by atoms with Crippen LogP contribution in [0.3, 0.4) is 0 Å². The third-order valence-corrected chi connectivity index (χ3v) is 4.89. The molecule has 0 aromatic heterocycles. The van der Waals surface area contributed by atoms with Crippen LogP contribution >= 0.6 is 0 Å². The van der Waals surface area contributed by atoms with Crippen molar-refractivity contribution >= 4 is 5.78 Å². The van der Waals surface area contributed by atoms with Crippen molar-refractivity contribution in [1.29, 1.82) is 0 Å². The third-order valence-electron chi connectivity index (χ3n) is 4.89. The summed E-state index contributed by atoms with van der Waals surface area (Å²) in [6, 6.07) is 0. The molecular weight excluding hydrogens is 222 g/mol. The van der Waals surface area contributed by atoms with Crippen LogP contribution in [0.4, 0.5) is 0 Å². The first-order valence-electron chi connectivity index (χ1n) is 7.73. The van der Waals surface area contributed by atoms with E-state index < -0.39 is 0 Å². The molecule has 1 heterocycles. The molecule has 18 heavy (non-hydrogen) atoms. The summed E-state index contributed by atoms with van der Waals surface area (Å²) in [5, 5.41) is 0. The summed E-state index contributed by atoms with van der Waals surface area (Å²) < 4.78 is 0. The number of likely N-dealkylation sites (tertiary alicyclic amines) is 1. The second-order valence-corrected chi connectivity index (χ2v) is 5.74. The molecule has 1 aliphatic carbocycles. The molecule has 2 rings (SSSR count). The highest BCUT2D eigenvalue weighted by atomic mass is 16.1. The van der Waals surface area contributed by atoms with E-state index in [0.29, 0.717) is 5.78 Å². The Morgan fingerprint density at radius 1 is 1.17 bits per heavy atom. The van der Waals surface area contributed by atoms with Crippen molar-refractivity contribution in [3.8, 4) is 0 Å². The Kier molecular flexibility index (Phi) is 4.60. The van der Waals surface area contributed by atoms with Crippen molar-refractivity contribution < 1.29 is 4.79 Å². The molecule has 1 fully saturated rings. The highest BCUT2D eigenvalue weighted by Gasteiger charge is 2.42. The summed E-state index contributed by atoms with van der Waals surface area (Å²) in [4.78, 5) is 15.4. The molecule has 0 atom stereocenters. The first-order valence-corrected chi connectivity index (χ1v) is 7.73. The van der Waals surface area contributed by atoms with E-state index in [9.17, 15) is 4.79 Å². The Morgan fingerprint density at radius 3 is 2.33 bits per heavy atom. The fourth-order valence-corrected chi connectivity index (χ4v) is 3.65. The zero-order valence-corrected chi connectivity index (χ0v) is 12.0. The first kappa shape index (κ1) is 13.8. The van der Waals surface area contributed by atoms with Crippen LogP contribution in [0.1, 0.15) is 65.2 Å². The van der Waals surface area contributed by atoms with Gasteiger partial charge in [-0.2, -0.15) is 0 Å². The van der Waals surface area contributed by atoms with Crippen molar-refractivity contribution in [1.82, 2.24) is 4.90 Å². The van der Waals surface area contributed by atoms with Crippen LogP contribution in [0.25, 0.3) is 0 Å². The molecular formula is C16H27NO. The monoisotopic (exact) mass is 249 g/mol. The summed E-state index contributed by atoms with van der Waals surface area (Å²) >= 11 is 0. The molecule has 0 radical (unpaired) electrons. The Labute approximate surface area is 111 Å². The molecule has 0 unspecified atom stereocenters. The van der Waals surface area contributed by atoms with E-state index in [2.05, 4.69) is 24.8 Å². The number of Topliss-reactive ketones (excluding diaryl/α,β-unsaturated/α-hetero) is 1. The Hall–Kier alpha value is -0.630. The van der Waals surface area contributed by atoms with Crippen molar-refractivity contribution in [3.05, 3.63) is 11.6 Å². The second-order valence-electron chi connectivity index (χ2n) is 5.74. The Balaban J connectivity index is 2.22. The quantitative estimate of drug-likeness (QED) is 0.740. The van der Waals surface area contributed by atoms with E-state index in [4.69, 9.17) is 0 Å². The molecule has 2 nitrogen and oxygen atoms in total. The predicted molar refractivity (Wildman–Crippen MR) is 75.7 cm³/mol. The van der Waals surface area contributed by atoms with Gasteiger partial charge in [0.25, 0.3) is 0 Å². The SMILES string of the molecule is CCC(CC)(C(=O)C1=CCCCC1)N1CCCC1. The summed E-state index contributed by atoms with van der Waals surface area (Å²) in [5.74, 6) is 0.439. The highest BCUT2D eigenvalue weighted by molar-refractivity contribution is 6.02. The average Bonchev–Trinajstić information content (AvgIpc) is 2.96. The lowest BCUT2D eigenvalue weighted by molar-refractivity contribution is -0.127. The van der Waals surface area contributed by atoms with E-state index in [1.807, 2.05) is 0 Å². The van der Waals surface area contributed by atoms with E-state index in [-0.39, 0.29) is 5.54 Å². The molecule has 2 heteroatoms. The summed E-state index contributed by atoms with van der Waals surface area (Å²) in [7, 11) is 0. The van der Waals surface area contributed by atoms with Gasteiger partial charge < -0.3 is 0 Å². The lowest BCUT2D eigenvalue weighted by atomic mass is 9.79. The molecule has 0 amide bonds. The molecule has 0 N–H and O–H groups in total. The van der Waals surface area contributed by atoms with E-state index in [0.717, 1.165) is 44.3 Å². The lowest BCUT2D eigenvalue weighted by Gasteiger charge is -2.40. The largest absolute Gasteiger partial charge is 0.292 e. The van der Waals surface area contributed by atoms with Crippen LogP contribution in [0.2, 0.25) is 0 Å². The zero-order chi connectivity index (χ0) is 13.0. The molecule has 1 saturated heterocycles. The van der Waals surface area contributed by atoms with Gasteiger partial charge >= 0.3 is 0 Å². The van der Waals surface area contributed by atoms with E-state index in [1.54, 1.807) is 0 Å². The molecule has 0 saturated carbocycles. The normalized spacial score (nSPS) is 22.0. The predicted octanol–water partition coefficient (Wildman–Crippen LogP) is 3.71. The van der Waals surface area contributed by atoms with Gasteiger partial charge in [-0.3, -0.25) is 9.69 Å². The van der Waals surface area contributed by atoms with Crippen molar-refractivity contribution in [2.24, 2.45) is 0 Å². The van der Waals surface area contributed by atoms with Gasteiger partial charge in [0, 0.05) is 0 Å². The maximum absolute atomic E-state index is 13.0. The van der Waals surface area contributed by atoms with Gasteiger partial charge in [0.1, 0.15) is 0 Å². The summed E-state index contributed by atoms with van der Waals surface area (Å²) in [6.07, 6.45) is 11.2. The lowest BCUT2D eigenvalue weighted by Crippen LogP contribution is -2.53. The molecule has 2 aliphatic rings. The number of hydrogen-bond donors (Lipinski definition) is 0. The maximum Gasteiger partial charge on any atom is 0.178 e.